The topological polar surface area (TPSA) is 45.2 Å². The van der Waals surface area contributed by atoms with Gasteiger partial charge in [-0.1, -0.05) is 126 Å². The number of hydrogen-bond acceptors (Lipinski definition) is 5. The Kier molecular flexibility index (Phi) is 11.3. The van der Waals surface area contributed by atoms with Gasteiger partial charge >= 0.3 is 0 Å². The van der Waals surface area contributed by atoms with E-state index in [0.29, 0.717) is 0 Å². The van der Waals surface area contributed by atoms with Crippen molar-refractivity contribution in [3.63, 3.8) is 0 Å². The summed E-state index contributed by atoms with van der Waals surface area (Å²) in [6.07, 6.45) is 3.69. The van der Waals surface area contributed by atoms with Crippen molar-refractivity contribution in [2.75, 3.05) is 9.80 Å². The normalized spacial score (nSPS) is 12.5. The average Bonchev–Trinajstić information content (AvgIpc) is 2.99. The minimum Gasteiger partial charge on any atom is -0.279 e. The third-order valence-corrected chi connectivity index (χ3v) is 8.45. The zero-order chi connectivity index (χ0) is 37.9. The first kappa shape index (κ1) is 38.7. The summed E-state index contributed by atoms with van der Waals surface area (Å²) in [6, 6.07) is 36.7. The van der Waals surface area contributed by atoms with E-state index in [4.69, 9.17) is 15.0 Å². The summed E-state index contributed by atoms with van der Waals surface area (Å²) < 4.78 is 0. The predicted molar refractivity (Wildman–Crippen MR) is 222 cm³/mol. The molecular weight excluding hydrogens is 635 g/mol. The maximum absolute atomic E-state index is 5.47. The number of hydrogen-bond donors (Lipinski definition) is 0. The van der Waals surface area contributed by atoms with Crippen LogP contribution >= 0.6 is 0 Å². The number of aromatic nitrogens is 3. The average molecular weight is 696 g/mol. The second-order valence-corrected chi connectivity index (χ2v) is 19.3. The summed E-state index contributed by atoms with van der Waals surface area (Å²) in [5, 5.41) is 0. The summed E-state index contributed by atoms with van der Waals surface area (Å²) >= 11 is 0. The zero-order valence-electron chi connectivity index (χ0n) is 33.9. The molecule has 0 amide bonds. The molecule has 0 unspecified atom stereocenters. The van der Waals surface area contributed by atoms with Crippen molar-refractivity contribution >= 4 is 34.6 Å². The van der Waals surface area contributed by atoms with Crippen molar-refractivity contribution in [1.29, 1.82) is 0 Å². The molecule has 0 aliphatic carbocycles. The van der Waals surface area contributed by atoms with Gasteiger partial charge in [0.25, 0.3) is 0 Å². The fourth-order valence-electron chi connectivity index (χ4n) is 6.73. The lowest BCUT2D eigenvalue weighted by Crippen LogP contribution is -2.19. The Morgan fingerprint density at radius 2 is 0.673 bits per heavy atom. The lowest BCUT2D eigenvalue weighted by molar-refractivity contribution is 0.406. The molecule has 274 valence electrons. The van der Waals surface area contributed by atoms with Gasteiger partial charge in [-0.3, -0.25) is 9.80 Å². The zero-order valence-corrected chi connectivity index (χ0v) is 33.9. The number of benzene rings is 2. The molecule has 0 radical (unpaired) electrons. The van der Waals surface area contributed by atoms with Crippen LogP contribution in [0.5, 0.6) is 0 Å². The van der Waals surface area contributed by atoms with E-state index < -0.39 is 0 Å². The van der Waals surface area contributed by atoms with Crippen LogP contribution in [0.3, 0.4) is 0 Å². The van der Waals surface area contributed by atoms with Gasteiger partial charge in [0.1, 0.15) is 23.3 Å². The maximum atomic E-state index is 5.47. The first-order chi connectivity index (χ1) is 24.2. The molecule has 0 N–H and O–H groups in total. The Hall–Kier alpha value is -4.51. The third kappa shape index (κ3) is 11.2. The Morgan fingerprint density at radius 3 is 1.02 bits per heavy atom. The minimum atomic E-state index is 0.109. The summed E-state index contributed by atoms with van der Waals surface area (Å²) in [6.45, 7) is 27.3. The standard InChI is InChI=1S/C47H61N5/c1-44(2,3)30-34-18-13-22-38(28-34)51(40-24-15-20-36(48-40)32-46(7,8)9)42-26-17-27-43(50-42)52(39-23-14-19-35(29-39)31-45(4,5)6)41-25-16-21-37(49-41)33-47(10,11)12/h13-29H,30-33H2,1-12H3. The van der Waals surface area contributed by atoms with Crippen LogP contribution in [0.4, 0.5) is 34.6 Å². The molecule has 0 aliphatic heterocycles. The van der Waals surface area contributed by atoms with E-state index in [1.54, 1.807) is 0 Å². The Bertz CT molecular complexity index is 1690. The molecule has 2 aromatic carbocycles. The van der Waals surface area contributed by atoms with Crippen LogP contribution in [0.25, 0.3) is 0 Å². The van der Waals surface area contributed by atoms with Crippen LogP contribution in [-0.2, 0) is 25.7 Å². The summed E-state index contributed by atoms with van der Waals surface area (Å²) in [7, 11) is 0. The van der Waals surface area contributed by atoms with Crippen molar-refractivity contribution in [3.05, 3.63) is 126 Å². The molecule has 5 rings (SSSR count). The molecule has 5 nitrogen and oxygen atoms in total. The summed E-state index contributed by atoms with van der Waals surface area (Å²) in [5.74, 6) is 3.30. The number of nitrogens with zero attached hydrogens (tertiary/aromatic N) is 5. The maximum Gasteiger partial charge on any atom is 0.141 e. The summed E-state index contributed by atoms with van der Waals surface area (Å²) in [5.41, 5.74) is 7.31. The quantitative estimate of drug-likeness (QED) is 0.145. The van der Waals surface area contributed by atoms with E-state index in [9.17, 15) is 0 Å². The molecule has 0 saturated heterocycles. The van der Waals surface area contributed by atoms with Crippen LogP contribution in [0.15, 0.2) is 103 Å². The molecule has 0 spiro atoms. The monoisotopic (exact) mass is 695 g/mol. The number of rotatable bonds is 10. The van der Waals surface area contributed by atoms with Gasteiger partial charge < -0.3 is 0 Å². The first-order valence-electron chi connectivity index (χ1n) is 18.9. The van der Waals surface area contributed by atoms with E-state index in [-0.39, 0.29) is 21.7 Å². The minimum absolute atomic E-state index is 0.109. The fraction of sp³-hybridized carbons (Fsp3) is 0.426. The van der Waals surface area contributed by atoms with Gasteiger partial charge in [0, 0.05) is 22.8 Å². The second kappa shape index (κ2) is 15.2. The summed E-state index contributed by atoms with van der Waals surface area (Å²) in [4.78, 5) is 20.4. The highest BCUT2D eigenvalue weighted by atomic mass is 15.3. The number of pyridine rings is 3. The van der Waals surface area contributed by atoms with Crippen LogP contribution in [0.1, 0.15) is 106 Å². The van der Waals surface area contributed by atoms with Crippen LogP contribution in [0.2, 0.25) is 0 Å². The van der Waals surface area contributed by atoms with E-state index in [1.807, 2.05) is 0 Å². The van der Waals surface area contributed by atoms with Crippen molar-refractivity contribution in [1.82, 2.24) is 15.0 Å². The highest BCUT2D eigenvalue weighted by molar-refractivity contribution is 5.77. The highest BCUT2D eigenvalue weighted by Crippen LogP contribution is 2.39. The van der Waals surface area contributed by atoms with Gasteiger partial charge in [0.05, 0.1) is 0 Å². The van der Waals surface area contributed by atoms with Crippen LogP contribution in [-0.4, -0.2) is 15.0 Å². The van der Waals surface area contributed by atoms with Gasteiger partial charge in [0.2, 0.25) is 0 Å². The largest absolute Gasteiger partial charge is 0.279 e. The predicted octanol–water partition coefficient (Wildman–Crippen LogP) is 13.2. The molecule has 3 aromatic heterocycles. The van der Waals surface area contributed by atoms with Crippen LogP contribution < -0.4 is 9.80 Å². The lowest BCUT2D eigenvalue weighted by atomic mass is 9.88. The Balaban J connectivity index is 1.70. The van der Waals surface area contributed by atoms with Crippen molar-refractivity contribution < 1.29 is 0 Å². The molecule has 0 saturated carbocycles. The molecule has 0 aliphatic rings. The van der Waals surface area contributed by atoms with Gasteiger partial charge in [-0.2, -0.15) is 0 Å². The third-order valence-electron chi connectivity index (χ3n) is 8.45. The molecule has 0 bridgehead atoms. The first-order valence-corrected chi connectivity index (χ1v) is 18.9. The van der Waals surface area contributed by atoms with E-state index >= 15 is 0 Å². The van der Waals surface area contributed by atoms with Crippen molar-refractivity contribution in [2.45, 2.75) is 109 Å². The van der Waals surface area contributed by atoms with Crippen LogP contribution in [0, 0.1) is 21.7 Å². The van der Waals surface area contributed by atoms with Gasteiger partial charge in [-0.15, -0.1) is 0 Å². The molecule has 52 heavy (non-hydrogen) atoms. The molecule has 0 fully saturated rings. The van der Waals surface area contributed by atoms with Gasteiger partial charge in [0.15, 0.2) is 0 Å². The Morgan fingerprint density at radius 1 is 0.365 bits per heavy atom. The second-order valence-electron chi connectivity index (χ2n) is 19.3. The molecule has 5 aromatic rings. The molecular formula is C47H61N5. The highest BCUT2D eigenvalue weighted by Gasteiger charge is 2.23. The molecule has 0 atom stereocenters. The van der Waals surface area contributed by atoms with Gasteiger partial charge in [-0.05, 0) is 119 Å². The van der Waals surface area contributed by atoms with Crippen molar-refractivity contribution in [3.8, 4) is 0 Å². The SMILES string of the molecule is CC(C)(C)Cc1cccc(N(c2cccc(CC(C)(C)C)n2)c2cccc(N(c3cccc(CC(C)(C)C)c3)c3cccc(CC(C)(C)C)n3)n2)c1. The fourth-order valence-corrected chi connectivity index (χ4v) is 6.73. The van der Waals surface area contributed by atoms with E-state index in [0.717, 1.165) is 71.7 Å². The number of anilines is 6. The van der Waals surface area contributed by atoms with Crippen molar-refractivity contribution in [2.24, 2.45) is 21.7 Å². The molecule has 5 heteroatoms. The van der Waals surface area contributed by atoms with E-state index in [2.05, 4.69) is 196 Å². The molecule has 3 heterocycles. The van der Waals surface area contributed by atoms with E-state index in [1.165, 1.54) is 11.1 Å². The lowest BCUT2D eigenvalue weighted by Gasteiger charge is -2.29. The Labute approximate surface area is 314 Å². The van der Waals surface area contributed by atoms with Gasteiger partial charge in [-0.25, -0.2) is 15.0 Å². The smallest absolute Gasteiger partial charge is 0.141 e.